The highest BCUT2D eigenvalue weighted by Gasteiger charge is 2.16. The second-order valence-electron chi connectivity index (χ2n) is 5.75. The molecular weight excluding hydrogens is 435 g/mol. The standard InChI is InChI=1S/C17H24N4OS.HI/c1-17(2,22-4)12-20-16(18-3)19-10-14-11-23-15(21-14)13-8-6-5-7-9-13;/h5-9,11H,10,12H2,1-4H3,(H2,18,19,20);1H. The Morgan fingerprint density at radius 2 is 1.96 bits per heavy atom. The molecule has 0 saturated carbocycles. The summed E-state index contributed by atoms with van der Waals surface area (Å²) in [7, 11) is 3.46. The van der Waals surface area contributed by atoms with Crippen LogP contribution in [0.3, 0.4) is 0 Å². The van der Waals surface area contributed by atoms with Crippen LogP contribution in [0.1, 0.15) is 19.5 Å². The van der Waals surface area contributed by atoms with E-state index in [4.69, 9.17) is 4.74 Å². The third-order valence-corrected chi connectivity index (χ3v) is 4.41. The van der Waals surface area contributed by atoms with E-state index in [0.717, 1.165) is 22.2 Å². The van der Waals surface area contributed by atoms with Crippen LogP contribution in [0.4, 0.5) is 0 Å². The Bertz CT molecular complexity index is 643. The van der Waals surface area contributed by atoms with Gasteiger partial charge in [-0.15, -0.1) is 35.3 Å². The molecular formula is C17H25IN4OS. The summed E-state index contributed by atoms with van der Waals surface area (Å²) in [5, 5.41) is 9.64. The van der Waals surface area contributed by atoms with Gasteiger partial charge < -0.3 is 15.4 Å². The Morgan fingerprint density at radius 3 is 2.58 bits per heavy atom. The van der Waals surface area contributed by atoms with Crippen LogP contribution < -0.4 is 10.6 Å². The summed E-state index contributed by atoms with van der Waals surface area (Å²) < 4.78 is 5.39. The first-order valence-electron chi connectivity index (χ1n) is 7.53. The summed E-state index contributed by atoms with van der Waals surface area (Å²) in [6.45, 7) is 5.37. The van der Waals surface area contributed by atoms with Crippen LogP contribution in [0.5, 0.6) is 0 Å². The predicted molar refractivity (Wildman–Crippen MR) is 112 cm³/mol. The molecule has 7 heteroatoms. The number of hydrogen-bond donors (Lipinski definition) is 2. The molecule has 2 N–H and O–H groups in total. The van der Waals surface area contributed by atoms with E-state index >= 15 is 0 Å². The number of methoxy groups -OCH3 is 1. The first-order chi connectivity index (χ1) is 11.0. The lowest BCUT2D eigenvalue weighted by molar-refractivity contribution is 0.0268. The number of rotatable bonds is 6. The fourth-order valence-electron chi connectivity index (χ4n) is 1.87. The highest BCUT2D eigenvalue weighted by atomic mass is 127. The third-order valence-electron chi connectivity index (χ3n) is 3.47. The van der Waals surface area contributed by atoms with E-state index in [1.807, 2.05) is 32.0 Å². The van der Waals surface area contributed by atoms with Gasteiger partial charge >= 0.3 is 0 Å². The van der Waals surface area contributed by atoms with Crippen molar-refractivity contribution < 1.29 is 4.74 Å². The average Bonchev–Trinajstić information content (AvgIpc) is 3.05. The number of aromatic nitrogens is 1. The van der Waals surface area contributed by atoms with Gasteiger partial charge in [0, 0.05) is 31.6 Å². The van der Waals surface area contributed by atoms with Crippen molar-refractivity contribution in [2.75, 3.05) is 20.7 Å². The van der Waals surface area contributed by atoms with E-state index in [9.17, 15) is 0 Å². The lowest BCUT2D eigenvalue weighted by Crippen LogP contribution is -2.45. The highest BCUT2D eigenvalue weighted by molar-refractivity contribution is 14.0. The maximum Gasteiger partial charge on any atom is 0.191 e. The predicted octanol–water partition coefficient (Wildman–Crippen LogP) is 3.52. The zero-order valence-electron chi connectivity index (χ0n) is 14.5. The minimum absolute atomic E-state index is 0. The number of halogens is 1. The molecule has 1 aromatic heterocycles. The maximum atomic E-state index is 5.39. The number of nitrogens with zero attached hydrogens (tertiary/aromatic N) is 2. The Morgan fingerprint density at radius 1 is 1.25 bits per heavy atom. The highest BCUT2D eigenvalue weighted by Crippen LogP contribution is 2.23. The molecule has 0 radical (unpaired) electrons. The van der Waals surface area contributed by atoms with Crippen molar-refractivity contribution in [3.8, 4) is 10.6 Å². The van der Waals surface area contributed by atoms with Crippen molar-refractivity contribution in [3.05, 3.63) is 41.4 Å². The summed E-state index contributed by atoms with van der Waals surface area (Å²) in [6.07, 6.45) is 0. The lowest BCUT2D eigenvalue weighted by atomic mass is 10.1. The van der Waals surface area contributed by atoms with E-state index in [2.05, 4.69) is 38.1 Å². The first-order valence-corrected chi connectivity index (χ1v) is 8.41. The molecule has 0 spiro atoms. The van der Waals surface area contributed by atoms with Gasteiger partial charge in [-0.3, -0.25) is 4.99 Å². The van der Waals surface area contributed by atoms with E-state index in [-0.39, 0.29) is 29.6 Å². The monoisotopic (exact) mass is 460 g/mol. The smallest absolute Gasteiger partial charge is 0.191 e. The molecule has 2 rings (SSSR count). The molecule has 0 aliphatic rings. The number of hydrogen-bond acceptors (Lipinski definition) is 4. The fourth-order valence-corrected chi connectivity index (χ4v) is 2.69. The van der Waals surface area contributed by atoms with Gasteiger partial charge in [-0.25, -0.2) is 4.98 Å². The van der Waals surface area contributed by atoms with Gasteiger partial charge in [-0.2, -0.15) is 0 Å². The molecule has 0 atom stereocenters. The van der Waals surface area contributed by atoms with Gasteiger partial charge in [-0.1, -0.05) is 30.3 Å². The molecule has 0 saturated heterocycles. The Labute approximate surface area is 165 Å². The van der Waals surface area contributed by atoms with Gasteiger partial charge in [0.2, 0.25) is 0 Å². The summed E-state index contributed by atoms with van der Waals surface area (Å²) in [5.41, 5.74) is 1.91. The Balaban J connectivity index is 0.00000288. The van der Waals surface area contributed by atoms with Crippen LogP contribution in [0, 0.1) is 0 Å². The van der Waals surface area contributed by atoms with Gasteiger partial charge in [0.15, 0.2) is 5.96 Å². The van der Waals surface area contributed by atoms with Crippen LogP contribution in [0.2, 0.25) is 0 Å². The topological polar surface area (TPSA) is 58.5 Å². The van der Waals surface area contributed by atoms with Crippen molar-refractivity contribution in [1.29, 1.82) is 0 Å². The number of ether oxygens (including phenoxy) is 1. The molecule has 0 unspecified atom stereocenters. The number of benzene rings is 1. The van der Waals surface area contributed by atoms with Crippen molar-refractivity contribution in [2.45, 2.75) is 26.0 Å². The largest absolute Gasteiger partial charge is 0.377 e. The lowest BCUT2D eigenvalue weighted by Gasteiger charge is -2.24. The molecule has 0 bridgehead atoms. The van der Waals surface area contributed by atoms with E-state index in [1.165, 1.54) is 0 Å². The van der Waals surface area contributed by atoms with Crippen LogP contribution in [-0.2, 0) is 11.3 Å². The van der Waals surface area contributed by atoms with Crippen LogP contribution in [0.15, 0.2) is 40.7 Å². The summed E-state index contributed by atoms with van der Waals surface area (Å²) >= 11 is 1.65. The minimum atomic E-state index is -0.237. The normalized spacial score (nSPS) is 11.8. The van der Waals surface area contributed by atoms with Gasteiger partial charge in [0.1, 0.15) is 5.01 Å². The molecule has 0 aliphatic carbocycles. The van der Waals surface area contributed by atoms with Gasteiger partial charge in [0.25, 0.3) is 0 Å². The second kappa shape index (κ2) is 9.95. The average molecular weight is 460 g/mol. The van der Waals surface area contributed by atoms with Crippen molar-refractivity contribution in [3.63, 3.8) is 0 Å². The Kier molecular flexibility index (Phi) is 8.65. The fraction of sp³-hybridized carbons (Fsp3) is 0.412. The number of guanidine groups is 1. The molecule has 0 aliphatic heterocycles. The Hall–Kier alpha value is -1.19. The van der Waals surface area contributed by atoms with Crippen LogP contribution >= 0.6 is 35.3 Å². The molecule has 2 aromatic rings. The molecule has 0 fully saturated rings. The maximum absolute atomic E-state index is 5.39. The molecule has 1 heterocycles. The molecule has 24 heavy (non-hydrogen) atoms. The zero-order chi connectivity index (χ0) is 16.7. The van der Waals surface area contributed by atoms with E-state index in [0.29, 0.717) is 13.1 Å². The van der Waals surface area contributed by atoms with Crippen molar-refractivity contribution in [1.82, 2.24) is 15.6 Å². The molecule has 0 amide bonds. The van der Waals surface area contributed by atoms with Gasteiger partial charge in [-0.05, 0) is 13.8 Å². The molecule has 5 nitrogen and oxygen atoms in total. The van der Waals surface area contributed by atoms with Gasteiger partial charge in [0.05, 0.1) is 17.8 Å². The molecule has 132 valence electrons. The minimum Gasteiger partial charge on any atom is -0.377 e. The van der Waals surface area contributed by atoms with Crippen molar-refractivity contribution in [2.24, 2.45) is 4.99 Å². The summed E-state index contributed by atoms with van der Waals surface area (Å²) in [4.78, 5) is 8.88. The quantitative estimate of drug-likeness (QED) is 0.394. The third kappa shape index (κ3) is 6.37. The SMILES string of the molecule is CN=C(NCc1csc(-c2ccccc2)n1)NCC(C)(C)OC.I. The summed E-state index contributed by atoms with van der Waals surface area (Å²) in [6, 6.07) is 10.2. The van der Waals surface area contributed by atoms with Crippen molar-refractivity contribution >= 4 is 41.3 Å². The van der Waals surface area contributed by atoms with Crippen LogP contribution in [-0.4, -0.2) is 37.2 Å². The first kappa shape index (κ1) is 20.9. The summed E-state index contributed by atoms with van der Waals surface area (Å²) in [5.74, 6) is 0.740. The second-order valence-corrected chi connectivity index (χ2v) is 6.61. The zero-order valence-corrected chi connectivity index (χ0v) is 17.6. The van der Waals surface area contributed by atoms with Crippen LogP contribution in [0.25, 0.3) is 10.6 Å². The molecule has 1 aromatic carbocycles. The number of aliphatic imine (C=N–C) groups is 1. The number of nitrogens with one attached hydrogen (secondary N) is 2. The van der Waals surface area contributed by atoms with E-state index in [1.54, 1.807) is 25.5 Å². The number of thiazole rings is 1. The van der Waals surface area contributed by atoms with E-state index < -0.39 is 0 Å².